The summed E-state index contributed by atoms with van der Waals surface area (Å²) in [6.07, 6.45) is 5.08. The molecule has 122 valence electrons. The quantitative estimate of drug-likeness (QED) is 0.874. The smallest absolute Gasteiger partial charge is 0.229 e. The largest absolute Gasteiger partial charge is 0.393 e. The third-order valence-corrected chi connectivity index (χ3v) is 4.90. The molecular weight excluding hydrogens is 316 g/mol. The van der Waals surface area contributed by atoms with Crippen LogP contribution in [0.15, 0.2) is 22.9 Å². The van der Waals surface area contributed by atoms with E-state index in [0.29, 0.717) is 29.8 Å². The van der Waals surface area contributed by atoms with E-state index in [0.717, 1.165) is 30.9 Å². The summed E-state index contributed by atoms with van der Waals surface area (Å²) in [6, 6.07) is 3.63. The summed E-state index contributed by atoms with van der Waals surface area (Å²) in [5.74, 6) is 3.06. The molecule has 0 aliphatic heterocycles. The normalized spacial score (nSPS) is 27.3. The first-order valence-electron chi connectivity index (χ1n) is 8.06. The number of aliphatic hydroxyl groups is 1. The highest BCUT2D eigenvalue weighted by molar-refractivity contribution is 6.30. The van der Waals surface area contributed by atoms with Crippen molar-refractivity contribution in [2.24, 2.45) is 5.92 Å². The van der Waals surface area contributed by atoms with E-state index in [4.69, 9.17) is 16.1 Å². The molecule has 2 heterocycles. The first-order valence-corrected chi connectivity index (χ1v) is 8.44. The Balaban J connectivity index is 1.35. The fraction of sp³-hybridized carbons (Fsp3) is 0.562. The highest BCUT2D eigenvalue weighted by Crippen LogP contribution is 2.41. The molecule has 2 aliphatic rings. The molecule has 0 spiro atoms. The van der Waals surface area contributed by atoms with Crippen molar-refractivity contribution < 1.29 is 9.63 Å². The molecular formula is C16H19ClN4O2. The molecule has 23 heavy (non-hydrogen) atoms. The molecule has 0 aromatic carbocycles. The number of aliphatic hydroxyl groups excluding tert-OH is 1. The van der Waals surface area contributed by atoms with Crippen molar-refractivity contribution in [3.63, 3.8) is 0 Å². The third kappa shape index (κ3) is 3.33. The lowest BCUT2D eigenvalue weighted by Gasteiger charge is -2.15. The molecule has 2 aliphatic carbocycles. The van der Waals surface area contributed by atoms with E-state index >= 15 is 0 Å². The van der Waals surface area contributed by atoms with Crippen molar-refractivity contribution in [1.82, 2.24) is 15.1 Å². The Labute approximate surface area is 139 Å². The number of nitrogens with one attached hydrogen (secondary N) is 1. The monoisotopic (exact) mass is 334 g/mol. The van der Waals surface area contributed by atoms with E-state index in [1.165, 1.54) is 0 Å². The van der Waals surface area contributed by atoms with Gasteiger partial charge in [-0.05, 0) is 37.8 Å². The van der Waals surface area contributed by atoms with Gasteiger partial charge in [0, 0.05) is 30.5 Å². The molecule has 3 atom stereocenters. The van der Waals surface area contributed by atoms with Crippen LogP contribution in [0, 0.1) is 5.92 Å². The number of aromatic nitrogens is 3. The van der Waals surface area contributed by atoms with Crippen LogP contribution in [0.1, 0.15) is 49.2 Å². The highest BCUT2D eigenvalue weighted by Gasteiger charge is 2.38. The molecule has 0 amide bonds. The van der Waals surface area contributed by atoms with Crippen LogP contribution in [-0.2, 0) is 0 Å². The summed E-state index contributed by atoms with van der Waals surface area (Å²) in [4.78, 5) is 8.72. The summed E-state index contributed by atoms with van der Waals surface area (Å²) in [7, 11) is 0. The molecule has 2 aromatic heterocycles. The van der Waals surface area contributed by atoms with Gasteiger partial charge in [-0.1, -0.05) is 16.8 Å². The van der Waals surface area contributed by atoms with E-state index in [1.807, 2.05) is 6.07 Å². The first-order chi connectivity index (χ1) is 11.2. The minimum absolute atomic E-state index is 0.147. The lowest BCUT2D eigenvalue weighted by atomic mass is 10.0. The van der Waals surface area contributed by atoms with Gasteiger partial charge in [0.2, 0.25) is 5.89 Å². The second-order valence-corrected chi connectivity index (χ2v) is 6.94. The van der Waals surface area contributed by atoms with Crippen LogP contribution in [0.3, 0.4) is 0 Å². The van der Waals surface area contributed by atoms with Crippen LogP contribution >= 0.6 is 11.6 Å². The van der Waals surface area contributed by atoms with E-state index in [1.54, 1.807) is 12.3 Å². The van der Waals surface area contributed by atoms with Gasteiger partial charge in [0.05, 0.1) is 11.1 Å². The molecule has 2 N–H and O–H groups in total. The number of pyridine rings is 1. The summed E-state index contributed by atoms with van der Waals surface area (Å²) < 4.78 is 5.40. The molecule has 4 rings (SSSR count). The van der Waals surface area contributed by atoms with E-state index in [-0.39, 0.29) is 17.9 Å². The summed E-state index contributed by atoms with van der Waals surface area (Å²) in [6.45, 7) is 0.663. The Morgan fingerprint density at radius 3 is 2.87 bits per heavy atom. The number of hydrogen-bond donors (Lipinski definition) is 2. The zero-order valence-electron chi connectivity index (χ0n) is 12.7. The Hall–Kier alpha value is -1.66. The molecule has 2 fully saturated rings. The Morgan fingerprint density at radius 2 is 2.13 bits per heavy atom. The summed E-state index contributed by atoms with van der Waals surface area (Å²) in [5.41, 5.74) is 0. The van der Waals surface area contributed by atoms with Gasteiger partial charge in [-0.3, -0.25) is 0 Å². The fourth-order valence-corrected chi connectivity index (χ4v) is 3.27. The van der Waals surface area contributed by atoms with Gasteiger partial charge < -0.3 is 14.9 Å². The van der Waals surface area contributed by atoms with Gasteiger partial charge in [-0.25, -0.2) is 4.98 Å². The van der Waals surface area contributed by atoms with Crippen molar-refractivity contribution in [2.75, 3.05) is 11.9 Å². The second kappa shape index (κ2) is 6.09. The standard InChI is InChI=1S/C16H19ClN4O2/c17-12-3-4-14(19-8-12)18-7-11-5-10(6-13(11)22)16-20-15(21-23-16)9-1-2-9/h3-4,8-11,13,22H,1-2,5-7H2,(H,18,19)/t10-,11+,13+/m0/s1. The van der Waals surface area contributed by atoms with Gasteiger partial charge in [0.15, 0.2) is 5.82 Å². The van der Waals surface area contributed by atoms with Crippen molar-refractivity contribution in [3.8, 4) is 0 Å². The van der Waals surface area contributed by atoms with E-state index < -0.39 is 0 Å². The lowest BCUT2D eigenvalue weighted by molar-refractivity contribution is 0.137. The highest BCUT2D eigenvalue weighted by atomic mass is 35.5. The average Bonchev–Trinajstić information content (AvgIpc) is 3.16. The third-order valence-electron chi connectivity index (χ3n) is 4.68. The predicted molar refractivity (Wildman–Crippen MR) is 85.5 cm³/mol. The molecule has 0 bridgehead atoms. The van der Waals surface area contributed by atoms with Crippen LogP contribution in [0.5, 0.6) is 0 Å². The molecule has 0 unspecified atom stereocenters. The van der Waals surface area contributed by atoms with Gasteiger partial charge in [0.1, 0.15) is 5.82 Å². The molecule has 2 saturated carbocycles. The van der Waals surface area contributed by atoms with Crippen LogP contribution in [-0.4, -0.2) is 32.9 Å². The Bertz CT molecular complexity index is 671. The molecule has 0 radical (unpaired) electrons. The minimum Gasteiger partial charge on any atom is -0.393 e. The second-order valence-electron chi connectivity index (χ2n) is 6.50. The Kier molecular flexibility index (Phi) is 3.95. The van der Waals surface area contributed by atoms with E-state index in [2.05, 4.69) is 20.4 Å². The average molecular weight is 335 g/mol. The van der Waals surface area contributed by atoms with Crippen LogP contribution in [0.2, 0.25) is 5.02 Å². The molecule has 0 saturated heterocycles. The number of anilines is 1. The SMILES string of the molecule is O[C@@H]1C[C@@H](c2nc(C3CC3)no2)C[C@@H]1CNc1ccc(Cl)cn1. The van der Waals surface area contributed by atoms with Crippen LogP contribution in [0.4, 0.5) is 5.82 Å². The predicted octanol–water partition coefficient (Wildman–Crippen LogP) is 2.96. The van der Waals surface area contributed by atoms with Gasteiger partial charge in [-0.2, -0.15) is 4.98 Å². The van der Waals surface area contributed by atoms with Crippen LogP contribution in [0.25, 0.3) is 0 Å². The van der Waals surface area contributed by atoms with E-state index in [9.17, 15) is 5.11 Å². The molecule has 2 aromatic rings. The number of halogens is 1. The molecule has 6 nitrogen and oxygen atoms in total. The van der Waals surface area contributed by atoms with Gasteiger partial charge >= 0.3 is 0 Å². The van der Waals surface area contributed by atoms with Crippen molar-refractivity contribution in [3.05, 3.63) is 35.1 Å². The zero-order valence-corrected chi connectivity index (χ0v) is 13.4. The number of rotatable bonds is 5. The minimum atomic E-state index is -0.365. The summed E-state index contributed by atoms with van der Waals surface area (Å²) >= 11 is 5.82. The first kappa shape index (κ1) is 14.9. The van der Waals surface area contributed by atoms with Gasteiger partial charge in [-0.15, -0.1) is 0 Å². The maximum Gasteiger partial charge on any atom is 0.229 e. The van der Waals surface area contributed by atoms with Crippen molar-refractivity contribution in [2.45, 2.75) is 43.6 Å². The zero-order chi connectivity index (χ0) is 15.8. The number of nitrogens with zero attached hydrogens (tertiary/aromatic N) is 3. The Morgan fingerprint density at radius 1 is 1.26 bits per heavy atom. The topological polar surface area (TPSA) is 84.1 Å². The molecule has 7 heteroatoms. The van der Waals surface area contributed by atoms with Crippen molar-refractivity contribution in [1.29, 1.82) is 0 Å². The van der Waals surface area contributed by atoms with Crippen LogP contribution < -0.4 is 5.32 Å². The fourth-order valence-electron chi connectivity index (χ4n) is 3.16. The summed E-state index contributed by atoms with van der Waals surface area (Å²) in [5, 5.41) is 18.2. The maximum atomic E-state index is 10.3. The lowest BCUT2D eigenvalue weighted by Crippen LogP contribution is -2.22. The van der Waals surface area contributed by atoms with Gasteiger partial charge in [0.25, 0.3) is 0 Å². The van der Waals surface area contributed by atoms with Crippen molar-refractivity contribution >= 4 is 17.4 Å². The number of hydrogen-bond acceptors (Lipinski definition) is 6. The maximum absolute atomic E-state index is 10.3.